The van der Waals surface area contributed by atoms with Crippen molar-refractivity contribution in [2.75, 3.05) is 20.8 Å². The van der Waals surface area contributed by atoms with Crippen LogP contribution in [0.3, 0.4) is 0 Å². The van der Waals surface area contributed by atoms with Crippen molar-refractivity contribution in [3.8, 4) is 11.5 Å². The number of nitrogens with zero attached hydrogens (tertiary/aromatic N) is 4. The molecule has 0 saturated carbocycles. The fourth-order valence-electron chi connectivity index (χ4n) is 4.41. The van der Waals surface area contributed by atoms with E-state index in [9.17, 15) is 4.79 Å². The Balaban J connectivity index is 1.66. The highest BCUT2D eigenvalue weighted by molar-refractivity contribution is 5.95. The predicted octanol–water partition coefficient (Wildman–Crippen LogP) is 3.31. The Morgan fingerprint density at radius 1 is 1.04 bits per heavy atom. The number of methoxy groups -OCH3 is 2. The van der Waals surface area contributed by atoms with Gasteiger partial charge in [-0.15, -0.1) is 10.2 Å². The molecule has 0 N–H and O–H groups in total. The van der Waals surface area contributed by atoms with Crippen molar-refractivity contribution < 1.29 is 14.3 Å². The first-order valence-corrected chi connectivity index (χ1v) is 10.1. The summed E-state index contributed by atoms with van der Waals surface area (Å²) in [5.41, 5.74) is 1.48. The molecule has 3 heterocycles. The fourth-order valence-corrected chi connectivity index (χ4v) is 4.41. The maximum atomic E-state index is 13.4. The Labute approximate surface area is 165 Å². The number of rotatable bonds is 4. The van der Waals surface area contributed by atoms with Crippen molar-refractivity contribution >= 4 is 5.91 Å². The van der Waals surface area contributed by atoms with Crippen LogP contribution < -0.4 is 9.47 Å². The molecule has 0 radical (unpaired) electrons. The van der Waals surface area contributed by atoms with E-state index in [1.165, 1.54) is 6.42 Å². The van der Waals surface area contributed by atoms with Crippen molar-refractivity contribution in [3.05, 3.63) is 34.9 Å². The molecule has 1 unspecified atom stereocenters. The van der Waals surface area contributed by atoms with E-state index in [0.717, 1.165) is 62.4 Å². The molecule has 2 aliphatic rings. The predicted molar refractivity (Wildman–Crippen MR) is 105 cm³/mol. The largest absolute Gasteiger partial charge is 0.496 e. The summed E-state index contributed by atoms with van der Waals surface area (Å²) in [7, 11) is 3.22. The zero-order chi connectivity index (χ0) is 19.7. The second-order valence-electron chi connectivity index (χ2n) is 7.60. The van der Waals surface area contributed by atoms with Gasteiger partial charge in [-0.05, 0) is 44.7 Å². The van der Waals surface area contributed by atoms with Crippen LogP contribution in [0.4, 0.5) is 0 Å². The first-order valence-electron chi connectivity index (χ1n) is 10.1. The van der Waals surface area contributed by atoms with Crippen molar-refractivity contribution in [3.63, 3.8) is 0 Å². The minimum Gasteiger partial charge on any atom is -0.496 e. The molecule has 1 amide bonds. The molecule has 2 aliphatic heterocycles. The molecule has 1 atom stereocenters. The molecular weight excluding hydrogens is 356 g/mol. The quantitative estimate of drug-likeness (QED) is 0.809. The molecule has 0 bridgehead atoms. The number of hydrogen-bond acceptors (Lipinski definition) is 5. The van der Waals surface area contributed by atoms with Crippen LogP contribution >= 0.6 is 0 Å². The maximum absolute atomic E-state index is 13.4. The molecule has 0 aliphatic carbocycles. The summed E-state index contributed by atoms with van der Waals surface area (Å²) >= 11 is 0. The first kappa shape index (κ1) is 18.8. The molecule has 7 nitrogen and oxygen atoms in total. The average molecular weight is 384 g/mol. The van der Waals surface area contributed by atoms with Crippen LogP contribution in [0.15, 0.2) is 12.1 Å². The summed E-state index contributed by atoms with van der Waals surface area (Å²) in [5.74, 6) is 3.31. The molecule has 7 heteroatoms. The Morgan fingerprint density at radius 3 is 2.50 bits per heavy atom. The number of ether oxygens (including phenoxy) is 2. The van der Waals surface area contributed by atoms with Gasteiger partial charge in [0.15, 0.2) is 5.82 Å². The molecule has 2 aromatic rings. The molecule has 28 heavy (non-hydrogen) atoms. The lowest BCUT2D eigenvalue weighted by atomic mass is 10.1. The van der Waals surface area contributed by atoms with Gasteiger partial charge in [0, 0.05) is 30.6 Å². The van der Waals surface area contributed by atoms with Gasteiger partial charge < -0.3 is 18.9 Å². The minimum absolute atomic E-state index is 0.00919. The number of aryl methyl sites for hydroxylation is 1. The van der Waals surface area contributed by atoms with E-state index >= 15 is 0 Å². The van der Waals surface area contributed by atoms with Gasteiger partial charge in [0.1, 0.15) is 17.3 Å². The summed E-state index contributed by atoms with van der Waals surface area (Å²) in [5, 5.41) is 8.93. The van der Waals surface area contributed by atoms with Crippen molar-refractivity contribution in [2.45, 2.75) is 58.0 Å². The van der Waals surface area contributed by atoms with Gasteiger partial charge in [0.2, 0.25) is 0 Å². The number of carbonyl (C=O) groups is 1. The Kier molecular flexibility index (Phi) is 5.24. The molecular formula is C21H28N4O3. The molecule has 1 fully saturated rings. The second-order valence-corrected chi connectivity index (χ2v) is 7.60. The third-order valence-corrected chi connectivity index (χ3v) is 5.95. The van der Waals surface area contributed by atoms with E-state index in [2.05, 4.69) is 14.8 Å². The first-order chi connectivity index (χ1) is 13.6. The number of fused-ring (bicyclic) bond motifs is 1. The SMILES string of the molecule is COc1cc(C(=O)N2CCCC2c2nnc3n2CCCCC3)cc(OC)c1C. The molecule has 1 aromatic heterocycles. The van der Waals surface area contributed by atoms with Crippen LogP contribution in [0.2, 0.25) is 0 Å². The highest BCUT2D eigenvalue weighted by Gasteiger charge is 2.35. The van der Waals surface area contributed by atoms with Gasteiger partial charge in [-0.3, -0.25) is 4.79 Å². The van der Waals surface area contributed by atoms with Gasteiger partial charge >= 0.3 is 0 Å². The molecule has 1 aromatic carbocycles. The summed E-state index contributed by atoms with van der Waals surface area (Å²) in [6.45, 7) is 3.60. The number of hydrogen-bond donors (Lipinski definition) is 0. The van der Waals surface area contributed by atoms with Gasteiger partial charge in [-0.1, -0.05) is 6.42 Å². The van der Waals surface area contributed by atoms with Crippen LogP contribution in [-0.2, 0) is 13.0 Å². The topological polar surface area (TPSA) is 69.5 Å². The monoisotopic (exact) mass is 384 g/mol. The van der Waals surface area contributed by atoms with Crippen LogP contribution in [0.25, 0.3) is 0 Å². The number of benzene rings is 1. The lowest BCUT2D eigenvalue weighted by Gasteiger charge is -2.25. The van der Waals surface area contributed by atoms with Gasteiger partial charge in [-0.25, -0.2) is 0 Å². The van der Waals surface area contributed by atoms with E-state index < -0.39 is 0 Å². The number of likely N-dealkylation sites (tertiary alicyclic amines) is 1. The normalized spacial score (nSPS) is 19.2. The second kappa shape index (κ2) is 7.81. The van der Waals surface area contributed by atoms with Crippen LogP contribution in [0.1, 0.15) is 65.7 Å². The summed E-state index contributed by atoms with van der Waals surface area (Å²) < 4.78 is 13.2. The average Bonchev–Trinajstić information content (AvgIpc) is 3.28. The number of aromatic nitrogens is 3. The van der Waals surface area contributed by atoms with Crippen LogP contribution in [0.5, 0.6) is 11.5 Å². The highest BCUT2D eigenvalue weighted by Crippen LogP contribution is 2.36. The van der Waals surface area contributed by atoms with Gasteiger partial charge in [0.05, 0.1) is 20.3 Å². The van der Waals surface area contributed by atoms with Crippen molar-refractivity contribution in [1.29, 1.82) is 0 Å². The van der Waals surface area contributed by atoms with Crippen LogP contribution in [-0.4, -0.2) is 46.3 Å². The molecule has 4 rings (SSSR count). The lowest BCUT2D eigenvalue weighted by Crippen LogP contribution is -2.32. The zero-order valence-electron chi connectivity index (χ0n) is 16.9. The standard InChI is InChI=1S/C21H28N4O3/c1-14-17(27-2)12-15(13-18(14)28-3)21(26)24-11-7-8-16(24)20-23-22-19-9-5-4-6-10-25(19)20/h12-13,16H,4-11H2,1-3H3. The van der Waals surface area contributed by atoms with Gasteiger partial charge in [0.25, 0.3) is 5.91 Å². The van der Waals surface area contributed by atoms with Crippen molar-refractivity contribution in [1.82, 2.24) is 19.7 Å². The highest BCUT2D eigenvalue weighted by atomic mass is 16.5. The van der Waals surface area contributed by atoms with E-state index in [-0.39, 0.29) is 11.9 Å². The molecule has 150 valence electrons. The third-order valence-electron chi connectivity index (χ3n) is 5.95. The summed E-state index contributed by atoms with van der Waals surface area (Å²) in [6, 6.07) is 3.59. The number of carbonyl (C=O) groups excluding carboxylic acids is 1. The lowest BCUT2D eigenvalue weighted by molar-refractivity contribution is 0.0726. The zero-order valence-corrected chi connectivity index (χ0v) is 16.9. The Bertz CT molecular complexity index is 852. The van der Waals surface area contributed by atoms with Crippen molar-refractivity contribution in [2.24, 2.45) is 0 Å². The Hall–Kier alpha value is -2.57. The van der Waals surface area contributed by atoms with E-state index in [1.54, 1.807) is 26.4 Å². The van der Waals surface area contributed by atoms with E-state index in [4.69, 9.17) is 9.47 Å². The maximum Gasteiger partial charge on any atom is 0.254 e. The molecule has 0 spiro atoms. The minimum atomic E-state index is -0.0230. The molecule has 1 saturated heterocycles. The Morgan fingerprint density at radius 2 is 1.79 bits per heavy atom. The van der Waals surface area contributed by atoms with E-state index in [1.807, 2.05) is 11.8 Å². The third kappa shape index (κ3) is 3.23. The van der Waals surface area contributed by atoms with E-state index in [0.29, 0.717) is 17.1 Å². The fraction of sp³-hybridized carbons (Fsp3) is 0.571. The van der Waals surface area contributed by atoms with Gasteiger partial charge in [-0.2, -0.15) is 0 Å². The smallest absolute Gasteiger partial charge is 0.254 e. The van der Waals surface area contributed by atoms with Crippen LogP contribution in [0, 0.1) is 6.92 Å². The summed E-state index contributed by atoms with van der Waals surface area (Å²) in [6.07, 6.45) is 6.39. The number of amides is 1. The summed E-state index contributed by atoms with van der Waals surface area (Å²) in [4.78, 5) is 15.3.